The lowest BCUT2D eigenvalue weighted by Gasteiger charge is -2.07. The van der Waals surface area contributed by atoms with E-state index in [0.29, 0.717) is 5.76 Å². The fraction of sp³-hybridized carbons (Fsp3) is 0. The minimum atomic E-state index is 0.692. The van der Waals surface area contributed by atoms with Gasteiger partial charge in [-0.1, -0.05) is 12.1 Å². The number of hydrogen-bond donors (Lipinski definition) is 0. The molecule has 0 atom stereocenters. The quantitative estimate of drug-likeness (QED) is 0.558. The number of furan rings is 2. The van der Waals surface area contributed by atoms with Gasteiger partial charge in [-0.15, -0.1) is 0 Å². The van der Waals surface area contributed by atoms with Crippen LogP contribution in [0.1, 0.15) is 0 Å². The second-order valence-electron chi connectivity index (χ2n) is 4.74. The zero-order chi connectivity index (χ0) is 14.8. The second kappa shape index (κ2) is 5.33. The zero-order valence-corrected chi connectivity index (χ0v) is 11.6. The molecule has 4 rings (SSSR count). The summed E-state index contributed by atoms with van der Waals surface area (Å²) < 4.78 is 10.7. The van der Waals surface area contributed by atoms with Crippen molar-refractivity contribution in [2.75, 3.05) is 0 Å². The molecule has 4 heterocycles. The fourth-order valence-corrected chi connectivity index (χ4v) is 2.42. The molecule has 22 heavy (non-hydrogen) atoms. The molecule has 0 aliphatic carbocycles. The van der Waals surface area contributed by atoms with E-state index in [9.17, 15) is 0 Å². The summed E-state index contributed by atoms with van der Waals surface area (Å²) in [6, 6.07) is 11.5. The van der Waals surface area contributed by atoms with Crippen molar-refractivity contribution in [2.24, 2.45) is 0 Å². The van der Waals surface area contributed by atoms with Gasteiger partial charge in [-0.2, -0.15) is 0 Å². The lowest BCUT2D eigenvalue weighted by Crippen LogP contribution is -1.89. The molecule has 0 amide bonds. The highest BCUT2D eigenvalue weighted by Gasteiger charge is 2.17. The van der Waals surface area contributed by atoms with Gasteiger partial charge in [0.15, 0.2) is 12.0 Å². The highest BCUT2D eigenvalue weighted by atomic mass is 16.3. The van der Waals surface area contributed by atoms with Crippen LogP contribution in [0.5, 0.6) is 0 Å². The van der Waals surface area contributed by atoms with Gasteiger partial charge < -0.3 is 8.83 Å². The Morgan fingerprint density at radius 2 is 1.86 bits per heavy atom. The summed E-state index contributed by atoms with van der Waals surface area (Å²) in [6.45, 7) is 0. The summed E-state index contributed by atoms with van der Waals surface area (Å²) in [6.07, 6.45) is 11.4. The molecule has 0 aliphatic heterocycles. The van der Waals surface area contributed by atoms with Crippen molar-refractivity contribution in [2.45, 2.75) is 0 Å². The first kappa shape index (κ1) is 12.6. The van der Waals surface area contributed by atoms with Crippen molar-refractivity contribution in [1.82, 2.24) is 9.97 Å². The van der Waals surface area contributed by atoms with Gasteiger partial charge in [0, 0.05) is 40.8 Å². The maximum absolute atomic E-state index is 5.69. The molecule has 0 unspecified atom stereocenters. The van der Waals surface area contributed by atoms with Crippen LogP contribution in [-0.2, 0) is 0 Å². The van der Waals surface area contributed by atoms with E-state index in [0.717, 1.165) is 27.9 Å². The van der Waals surface area contributed by atoms with Gasteiger partial charge >= 0.3 is 0 Å². The van der Waals surface area contributed by atoms with Crippen LogP contribution in [-0.4, -0.2) is 9.97 Å². The van der Waals surface area contributed by atoms with Crippen molar-refractivity contribution in [3.05, 3.63) is 73.8 Å². The molecule has 0 spiro atoms. The Bertz CT molecular complexity index is 880. The molecule has 0 fully saturated rings. The van der Waals surface area contributed by atoms with Crippen LogP contribution in [0.15, 0.2) is 76.3 Å². The van der Waals surface area contributed by atoms with E-state index in [1.54, 1.807) is 24.9 Å². The normalized spacial score (nSPS) is 10.7. The van der Waals surface area contributed by atoms with Gasteiger partial charge in [-0.05, 0) is 24.3 Å². The third-order valence-corrected chi connectivity index (χ3v) is 3.42. The zero-order valence-electron chi connectivity index (χ0n) is 11.6. The van der Waals surface area contributed by atoms with Gasteiger partial charge in [0.1, 0.15) is 5.69 Å². The Labute approximate surface area is 127 Å². The SMILES string of the molecule is [c]1occc1-c1ccoc1-c1ncccc1-c1cccnc1. The van der Waals surface area contributed by atoms with Crippen LogP contribution in [0, 0.1) is 6.26 Å². The van der Waals surface area contributed by atoms with Crippen molar-refractivity contribution in [3.8, 4) is 33.7 Å². The highest BCUT2D eigenvalue weighted by molar-refractivity contribution is 5.86. The minimum Gasteiger partial charge on any atom is -0.462 e. The Kier molecular flexibility index (Phi) is 3.05. The average Bonchev–Trinajstić information content (AvgIpc) is 3.26. The second-order valence-corrected chi connectivity index (χ2v) is 4.74. The van der Waals surface area contributed by atoms with Crippen LogP contribution in [0.25, 0.3) is 33.7 Å². The van der Waals surface area contributed by atoms with E-state index >= 15 is 0 Å². The number of nitrogens with zero attached hydrogens (tertiary/aromatic N) is 2. The number of aromatic nitrogens is 2. The lowest BCUT2D eigenvalue weighted by atomic mass is 10.0. The van der Waals surface area contributed by atoms with Crippen molar-refractivity contribution in [1.29, 1.82) is 0 Å². The molecule has 4 heteroatoms. The lowest BCUT2D eigenvalue weighted by molar-refractivity contribution is 0.558. The molecule has 0 saturated carbocycles. The largest absolute Gasteiger partial charge is 0.462 e. The first-order valence-electron chi connectivity index (χ1n) is 6.82. The molecule has 0 bridgehead atoms. The van der Waals surface area contributed by atoms with Crippen molar-refractivity contribution in [3.63, 3.8) is 0 Å². The van der Waals surface area contributed by atoms with E-state index in [-0.39, 0.29) is 0 Å². The van der Waals surface area contributed by atoms with E-state index < -0.39 is 0 Å². The third kappa shape index (κ3) is 2.11. The highest BCUT2D eigenvalue weighted by Crippen LogP contribution is 2.37. The Hall–Kier alpha value is -3.14. The van der Waals surface area contributed by atoms with Gasteiger partial charge in [-0.25, -0.2) is 0 Å². The summed E-state index contributed by atoms with van der Waals surface area (Å²) in [5.74, 6) is 0.692. The summed E-state index contributed by atoms with van der Waals surface area (Å²) in [5.41, 5.74) is 4.47. The maximum atomic E-state index is 5.69. The average molecular weight is 287 g/mol. The van der Waals surface area contributed by atoms with Crippen LogP contribution >= 0.6 is 0 Å². The van der Waals surface area contributed by atoms with Crippen molar-refractivity contribution >= 4 is 0 Å². The predicted molar refractivity (Wildman–Crippen MR) is 81.7 cm³/mol. The van der Waals surface area contributed by atoms with Gasteiger partial charge in [-0.3, -0.25) is 9.97 Å². The standard InChI is InChI=1S/C18H11N2O2/c1-3-13(11-19-7-1)15-4-2-8-20-17(15)18-16(6-10-22-18)14-5-9-21-12-14/h1-11H. The fourth-order valence-electron chi connectivity index (χ4n) is 2.42. The van der Waals surface area contributed by atoms with Gasteiger partial charge in [0.25, 0.3) is 0 Å². The Morgan fingerprint density at radius 3 is 2.68 bits per heavy atom. The molecular weight excluding hydrogens is 276 g/mol. The third-order valence-electron chi connectivity index (χ3n) is 3.42. The molecule has 0 aliphatic rings. The summed E-state index contributed by atoms with van der Waals surface area (Å²) in [7, 11) is 0. The predicted octanol–water partition coefficient (Wildman–Crippen LogP) is 4.46. The molecule has 0 N–H and O–H groups in total. The minimum absolute atomic E-state index is 0.692. The van der Waals surface area contributed by atoms with E-state index in [2.05, 4.69) is 16.2 Å². The summed E-state index contributed by atoms with van der Waals surface area (Å²) in [4.78, 5) is 8.68. The molecule has 0 aromatic carbocycles. The van der Waals surface area contributed by atoms with E-state index in [1.165, 1.54) is 0 Å². The molecule has 105 valence electrons. The van der Waals surface area contributed by atoms with Crippen LogP contribution in [0.2, 0.25) is 0 Å². The maximum Gasteiger partial charge on any atom is 0.177 e. The molecule has 4 aromatic rings. The van der Waals surface area contributed by atoms with Gasteiger partial charge in [0.2, 0.25) is 0 Å². The van der Waals surface area contributed by atoms with Crippen LogP contribution < -0.4 is 0 Å². The molecule has 0 saturated heterocycles. The summed E-state index contributed by atoms with van der Waals surface area (Å²) in [5, 5.41) is 0. The number of rotatable bonds is 3. The topological polar surface area (TPSA) is 52.1 Å². The first-order valence-corrected chi connectivity index (χ1v) is 6.82. The molecule has 4 aromatic heterocycles. The Morgan fingerprint density at radius 1 is 0.909 bits per heavy atom. The first-order chi connectivity index (χ1) is 10.9. The molecule has 1 radical (unpaired) electrons. The number of hydrogen-bond acceptors (Lipinski definition) is 4. The van der Waals surface area contributed by atoms with E-state index in [1.807, 2.05) is 42.6 Å². The smallest absolute Gasteiger partial charge is 0.177 e. The van der Waals surface area contributed by atoms with Crippen LogP contribution in [0.3, 0.4) is 0 Å². The molecule has 4 nitrogen and oxygen atoms in total. The van der Waals surface area contributed by atoms with Crippen molar-refractivity contribution < 1.29 is 8.83 Å². The molecular formula is C18H11N2O2. The number of pyridine rings is 2. The van der Waals surface area contributed by atoms with E-state index in [4.69, 9.17) is 8.83 Å². The summed E-state index contributed by atoms with van der Waals surface area (Å²) >= 11 is 0. The monoisotopic (exact) mass is 287 g/mol. The van der Waals surface area contributed by atoms with Crippen LogP contribution in [0.4, 0.5) is 0 Å². The Balaban J connectivity index is 1.91. The van der Waals surface area contributed by atoms with Gasteiger partial charge in [0.05, 0.1) is 12.5 Å².